The number of hydrogen-bond acceptors (Lipinski definition) is 1. The van der Waals surface area contributed by atoms with Crippen molar-refractivity contribution in [3.8, 4) is 5.75 Å². The number of benzene rings is 1. The normalized spacial score (nSPS) is 26.4. The molecular formula is C12H15ClO. The molecule has 1 nitrogen and oxygen atoms in total. The van der Waals surface area contributed by atoms with Crippen LogP contribution in [0, 0.1) is 0 Å². The average Bonchev–Trinajstić information content (AvgIpc) is 2.65. The zero-order valence-corrected chi connectivity index (χ0v) is 9.13. The van der Waals surface area contributed by atoms with Crippen LogP contribution in [-0.2, 0) is 0 Å². The molecule has 14 heavy (non-hydrogen) atoms. The first-order valence-corrected chi connectivity index (χ1v) is 5.51. The zero-order chi connectivity index (χ0) is 9.97. The molecule has 0 saturated heterocycles. The van der Waals surface area contributed by atoms with E-state index in [1.807, 2.05) is 6.07 Å². The number of halogens is 1. The Balaban J connectivity index is 2.15. The first-order valence-electron chi connectivity index (χ1n) is 5.07. The molecule has 2 atom stereocenters. The molecule has 0 aromatic heterocycles. The molecule has 2 unspecified atom stereocenters. The third-order valence-corrected chi connectivity index (χ3v) is 3.33. The van der Waals surface area contributed by atoms with Gasteiger partial charge in [-0.05, 0) is 42.9 Å². The summed E-state index contributed by atoms with van der Waals surface area (Å²) in [6.45, 7) is 0. The van der Waals surface area contributed by atoms with Gasteiger partial charge in [-0.15, -0.1) is 11.6 Å². The van der Waals surface area contributed by atoms with Crippen LogP contribution in [0.4, 0.5) is 0 Å². The zero-order valence-electron chi connectivity index (χ0n) is 8.37. The molecule has 0 radical (unpaired) electrons. The van der Waals surface area contributed by atoms with Gasteiger partial charge < -0.3 is 4.74 Å². The van der Waals surface area contributed by atoms with Gasteiger partial charge in [0, 0.05) is 5.38 Å². The maximum Gasteiger partial charge on any atom is 0.119 e. The molecule has 0 heterocycles. The van der Waals surface area contributed by atoms with E-state index >= 15 is 0 Å². The summed E-state index contributed by atoms with van der Waals surface area (Å²) in [6.07, 6.45) is 3.46. The molecule has 0 N–H and O–H groups in total. The first kappa shape index (κ1) is 9.85. The fraction of sp³-hybridized carbons (Fsp3) is 0.500. The standard InChI is InChI=1S/C12H15ClO/c1-14-12-4-2-3-9(8-12)10-5-6-11(13)7-10/h2-4,8,10-11H,5-7H2,1H3. The maximum absolute atomic E-state index is 6.10. The molecule has 1 saturated carbocycles. The second kappa shape index (κ2) is 4.22. The SMILES string of the molecule is COc1cccc(C2CCC(Cl)C2)c1. The predicted octanol–water partition coefficient (Wildman–Crippen LogP) is 3.57. The third kappa shape index (κ3) is 2.03. The van der Waals surface area contributed by atoms with Gasteiger partial charge in [-0.3, -0.25) is 0 Å². The highest BCUT2D eigenvalue weighted by molar-refractivity contribution is 6.20. The highest BCUT2D eigenvalue weighted by atomic mass is 35.5. The summed E-state index contributed by atoms with van der Waals surface area (Å²) in [5.74, 6) is 1.58. The summed E-state index contributed by atoms with van der Waals surface area (Å²) in [5.41, 5.74) is 1.37. The van der Waals surface area contributed by atoms with Gasteiger partial charge in [0.15, 0.2) is 0 Å². The summed E-state index contributed by atoms with van der Waals surface area (Å²) in [5, 5.41) is 0.367. The molecule has 0 aliphatic heterocycles. The molecule has 0 amide bonds. The first-order chi connectivity index (χ1) is 6.79. The quantitative estimate of drug-likeness (QED) is 0.679. The lowest BCUT2D eigenvalue weighted by Crippen LogP contribution is -1.95. The van der Waals surface area contributed by atoms with Gasteiger partial charge >= 0.3 is 0 Å². The minimum atomic E-state index is 0.367. The van der Waals surface area contributed by atoms with Gasteiger partial charge in [0.2, 0.25) is 0 Å². The van der Waals surface area contributed by atoms with E-state index in [1.54, 1.807) is 7.11 Å². The molecule has 0 bridgehead atoms. The third-order valence-electron chi connectivity index (χ3n) is 2.93. The highest BCUT2D eigenvalue weighted by Gasteiger charge is 2.24. The van der Waals surface area contributed by atoms with Crippen molar-refractivity contribution in [3.05, 3.63) is 29.8 Å². The lowest BCUT2D eigenvalue weighted by molar-refractivity contribution is 0.414. The van der Waals surface area contributed by atoms with Crippen molar-refractivity contribution in [2.45, 2.75) is 30.6 Å². The Bertz CT molecular complexity index is 311. The van der Waals surface area contributed by atoms with Gasteiger partial charge in [0.25, 0.3) is 0 Å². The van der Waals surface area contributed by atoms with Crippen molar-refractivity contribution in [2.75, 3.05) is 7.11 Å². The Hall–Kier alpha value is -0.690. The summed E-state index contributed by atoms with van der Waals surface area (Å²) in [7, 11) is 1.71. The molecule has 76 valence electrons. The average molecular weight is 211 g/mol. The largest absolute Gasteiger partial charge is 0.497 e. The van der Waals surface area contributed by atoms with Gasteiger partial charge in [0.05, 0.1) is 7.11 Å². The van der Waals surface area contributed by atoms with Gasteiger partial charge in [-0.2, -0.15) is 0 Å². The van der Waals surface area contributed by atoms with E-state index in [0.717, 1.165) is 18.6 Å². The molecular weight excluding hydrogens is 196 g/mol. The lowest BCUT2D eigenvalue weighted by atomic mass is 9.98. The Labute approximate surface area is 90.0 Å². The van der Waals surface area contributed by atoms with E-state index < -0.39 is 0 Å². The minimum Gasteiger partial charge on any atom is -0.497 e. The monoisotopic (exact) mass is 210 g/mol. The van der Waals surface area contributed by atoms with E-state index in [0.29, 0.717) is 11.3 Å². The van der Waals surface area contributed by atoms with Crippen molar-refractivity contribution >= 4 is 11.6 Å². The Kier molecular flexibility index (Phi) is 2.97. The van der Waals surface area contributed by atoms with Gasteiger partial charge in [-0.1, -0.05) is 12.1 Å². The molecule has 1 aromatic carbocycles. The van der Waals surface area contributed by atoms with Crippen LogP contribution >= 0.6 is 11.6 Å². The van der Waals surface area contributed by atoms with Crippen LogP contribution in [0.15, 0.2) is 24.3 Å². The van der Waals surface area contributed by atoms with Crippen molar-refractivity contribution < 1.29 is 4.74 Å². The fourth-order valence-corrected chi connectivity index (χ4v) is 2.47. The summed E-state index contributed by atoms with van der Waals surface area (Å²) in [6, 6.07) is 8.33. The molecule has 0 spiro atoms. The molecule has 1 aliphatic rings. The highest BCUT2D eigenvalue weighted by Crippen LogP contribution is 2.37. The van der Waals surface area contributed by atoms with Crippen molar-refractivity contribution in [3.63, 3.8) is 0 Å². The smallest absolute Gasteiger partial charge is 0.119 e. The molecule has 2 rings (SSSR count). The van der Waals surface area contributed by atoms with Gasteiger partial charge in [0.1, 0.15) is 5.75 Å². The van der Waals surface area contributed by atoms with Crippen molar-refractivity contribution in [1.29, 1.82) is 0 Å². The van der Waals surface area contributed by atoms with Crippen LogP contribution in [0.25, 0.3) is 0 Å². The Morgan fingerprint density at radius 1 is 1.36 bits per heavy atom. The van der Waals surface area contributed by atoms with Crippen LogP contribution < -0.4 is 4.74 Å². The van der Waals surface area contributed by atoms with Crippen molar-refractivity contribution in [2.24, 2.45) is 0 Å². The van der Waals surface area contributed by atoms with Gasteiger partial charge in [-0.25, -0.2) is 0 Å². The second-order valence-corrected chi connectivity index (χ2v) is 4.50. The molecule has 2 heteroatoms. The van der Waals surface area contributed by atoms with E-state index in [-0.39, 0.29) is 0 Å². The van der Waals surface area contributed by atoms with E-state index in [4.69, 9.17) is 16.3 Å². The minimum absolute atomic E-state index is 0.367. The van der Waals surface area contributed by atoms with Crippen LogP contribution in [0.1, 0.15) is 30.7 Å². The molecule has 1 aliphatic carbocycles. The number of rotatable bonds is 2. The van der Waals surface area contributed by atoms with Crippen molar-refractivity contribution in [1.82, 2.24) is 0 Å². The lowest BCUT2D eigenvalue weighted by Gasteiger charge is -2.10. The van der Waals surface area contributed by atoms with Crippen LogP contribution in [0.3, 0.4) is 0 Å². The topological polar surface area (TPSA) is 9.23 Å². The predicted molar refractivity (Wildman–Crippen MR) is 59.2 cm³/mol. The maximum atomic E-state index is 6.10. The number of hydrogen-bond donors (Lipinski definition) is 0. The summed E-state index contributed by atoms with van der Waals surface area (Å²) >= 11 is 6.10. The summed E-state index contributed by atoms with van der Waals surface area (Å²) < 4.78 is 5.21. The fourth-order valence-electron chi connectivity index (χ4n) is 2.12. The van der Waals surface area contributed by atoms with E-state index in [9.17, 15) is 0 Å². The van der Waals surface area contributed by atoms with E-state index in [2.05, 4.69) is 18.2 Å². The molecule has 1 fully saturated rings. The number of ether oxygens (including phenoxy) is 1. The van der Waals surface area contributed by atoms with Crippen LogP contribution in [0.5, 0.6) is 5.75 Å². The van der Waals surface area contributed by atoms with E-state index in [1.165, 1.54) is 12.0 Å². The number of alkyl halides is 1. The van der Waals surface area contributed by atoms with Crippen LogP contribution in [-0.4, -0.2) is 12.5 Å². The Morgan fingerprint density at radius 3 is 2.86 bits per heavy atom. The Morgan fingerprint density at radius 2 is 2.21 bits per heavy atom. The second-order valence-electron chi connectivity index (χ2n) is 3.88. The van der Waals surface area contributed by atoms with Crippen LogP contribution in [0.2, 0.25) is 0 Å². The summed E-state index contributed by atoms with van der Waals surface area (Å²) in [4.78, 5) is 0. The number of methoxy groups -OCH3 is 1. The molecule has 1 aromatic rings.